The van der Waals surface area contributed by atoms with E-state index in [1.165, 1.54) is 17.4 Å². The van der Waals surface area contributed by atoms with Crippen LogP contribution < -0.4 is 14.8 Å². The van der Waals surface area contributed by atoms with E-state index in [0.717, 1.165) is 0 Å². The fourth-order valence-electron chi connectivity index (χ4n) is 2.98. The first kappa shape index (κ1) is 18.7. The molecule has 0 spiro atoms. The fourth-order valence-corrected chi connectivity index (χ4v) is 2.98. The van der Waals surface area contributed by atoms with Crippen LogP contribution in [0.3, 0.4) is 0 Å². The van der Waals surface area contributed by atoms with Crippen LogP contribution in [0, 0.1) is 0 Å². The summed E-state index contributed by atoms with van der Waals surface area (Å²) in [5.74, 6) is 1.71. The van der Waals surface area contributed by atoms with Crippen molar-refractivity contribution in [3.63, 3.8) is 0 Å². The predicted octanol–water partition coefficient (Wildman–Crippen LogP) is 2.60. The lowest BCUT2D eigenvalue weighted by molar-refractivity contribution is -0.122. The largest absolute Gasteiger partial charge is 0.486 e. The van der Waals surface area contributed by atoms with Crippen LogP contribution in [0.15, 0.2) is 63.8 Å². The molecule has 0 fully saturated rings. The van der Waals surface area contributed by atoms with E-state index in [1.54, 1.807) is 42.5 Å². The number of hydrogen-bond donors (Lipinski definition) is 1. The van der Waals surface area contributed by atoms with Gasteiger partial charge in [0.05, 0.1) is 25.6 Å². The number of nitrogens with one attached hydrogen (secondary N) is 1. The maximum absolute atomic E-state index is 13.1. The van der Waals surface area contributed by atoms with Crippen LogP contribution >= 0.6 is 0 Å². The quantitative estimate of drug-likeness (QED) is 0.660. The lowest BCUT2D eigenvalue weighted by Crippen LogP contribution is -2.40. The van der Waals surface area contributed by atoms with Crippen molar-refractivity contribution < 1.29 is 27.9 Å². The number of furan rings is 2. The zero-order chi connectivity index (χ0) is 20.1. The first-order valence-electron chi connectivity index (χ1n) is 9.19. The molecule has 4 rings (SSSR count). The van der Waals surface area contributed by atoms with Crippen LogP contribution in [0.1, 0.15) is 21.9 Å². The Labute approximate surface area is 167 Å². The molecule has 3 aromatic rings. The summed E-state index contributed by atoms with van der Waals surface area (Å²) in [5.41, 5.74) is 0.402. The molecule has 0 bridgehead atoms. The summed E-state index contributed by atoms with van der Waals surface area (Å²) in [6.45, 7) is 1.18. The Kier molecular flexibility index (Phi) is 5.51. The molecule has 0 radical (unpaired) electrons. The lowest BCUT2D eigenvalue weighted by Gasteiger charge is -2.23. The summed E-state index contributed by atoms with van der Waals surface area (Å²) < 4.78 is 21.6. The molecular formula is C21H20N2O6. The molecule has 8 nitrogen and oxygen atoms in total. The molecule has 3 heterocycles. The van der Waals surface area contributed by atoms with Crippen LogP contribution in [0.5, 0.6) is 11.5 Å². The van der Waals surface area contributed by atoms with E-state index >= 15 is 0 Å². The molecule has 0 saturated carbocycles. The fraction of sp³-hybridized carbons (Fsp3) is 0.238. The maximum atomic E-state index is 13.1. The van der Waals surface area contributed by atoms with Gasteiger partial charge in [0.1, 0.15) is 31.3 Å². The normalized spacial score (nSPS) is 12.4. The molecule has 1 aromatic carbocycles. The van der Waals surface area contributed by atoms with Crippen molar-refractivity contribution in [2.24, 2.45) is 0 Å². The summed E-state index contributed by atoms with van der Waals surface area (Å²) in [5, 5.41) is 2.75. The summed E-state index contributed by atoms with van der Waals surface area (Å²) in [4.78, 5) is 27.0. The Morgan fingerprint density at radius 2 is 1.66 bits per heavy atom. The molecule has 150 valence electrons. The van der Waals surface area contributed by atoms with Gasteiger partial charge < -0.3 is 28.5 Å². The second-order valence-corrected chi connectivity index (χ2v) is 6.46. The van der Waals surface area contributed by atoms with Crippen molar-refractivity contribution in [1.82, 2.24) is 10.2 Å². The standard InChI is InChI=1S/C21H20N2O6/c24-20(22-12-16-3-1-7-26-16)14-23(13-17-4-2-8-27-17)21(25)15-5-6-18-19(11-15)29-10-9-28-18/h1-8,11H,9-10,12-14H2,(H,22,24). The highest BCUT2D eigenvalue weighted by molar-refractivity contribution is 5.97. The van der Waals surface area contributed by atoms with Gasteiger partial charge in [-0.05, 0) is 42.5 Å². The van der Waals surface area contributed by atoms with Crippen molar-refractivity contribution in [2.75, 3.05) is 19.8 Å². The van der Waals surface area contributed by atoms with Gasteiger partial charge in [-0.1, -0.05) is 0 Å². The van der Waals surface area contributed by atoms with E-state index in [-0.39, 0.29) is 31.4 Å². The van der Waals surface area contributed by atoms with Crippen LogP contribution in [0.25, 0.3) is 0 Å². The molecule has 1 aliphatic heterocycles. The van der Waals surface area contributed by atoms with Gasteiger partial charge in [0.15, 0.2) is 11.5 Å². The third-order valence-electron chi connectivity index (χ3n) is 4.38. The Hall–Kier alpha value is -3.68. The zero-order valence-electron chi connectivity index (χ0n) is 15.6. The summed E-state index contributed by atoms with van der Waals surface area (Å²) in [7, 11) is 0. The lowest BCUT2D eigenvalue weighted by atomic mass is 10.1. The van der Waals surface area contributed by atoms with Gasteiger partial charge in [-0.3, -0.25) is 9.59 Å². The van der Waals surface area contributed by atoms with Gasteiger partial charge in [0.25, 0.3) is 5.91 Å². The first-order chi connectivity index (χ1) is 14.2. The highest BCUT2D eigenvalue weighted by Crippen LogP contribution is 2.31. The minimum absolute atomic E-state index is 0.130. The van der Waals surface area contributed by atoms with Crippen LogP contribution in [0.2, 0.25) is 0 Å². The summed E-state index contributed by atoms with van der Waals surface area (Å²) in [6.07, 6.45) is 3.06. The molecule has 2 amide bonds. The number of nitrogens with zero attached hydrogens (tertiary/aromatic N) is 1. The van der Waals surface area contributed by atoms with E-state index in [0.29, 0.717) is 41.8 Å². The number of carbonyl (C=O) groups is 2. The smallest absolute Gasteiger partial charge is 0.254 e. The van der Waals surface area contributed by atoms with E-state index in [2.05, 4.69) is 5.32 Å². The van der Waals surface area contributed by atoms with E-state index in [9.17, 15) is 9.59 Å². The Balaban J connectivity index is 1.48. The molecule has 29 heavy (non-hydrogen) atoms. The van der Waals surface area contributed by atoms with Gasteiger partial charge in [-0.2, -0.15) is 0 Å². The van der Waals surface area contributed by atoms with E-state index in [4.69, 9.17) is 18.3 Å². The predicted molar refractivity (Wildman–Crippen MR) is 101 cm³/mol. The van der Waals surface area contributed by atoms with Crippen molar-refractivity contribution >= 4 is 11.8 Å². The molecule has 0 unspecified atom stereocenters. The maximum Gasteiger partial charge on any atom is 0.254 e. The SMILES string of the molecule is O=C(CN(Cc1ccco1)C(=O)c1ccc2c(c1)OCCO2)NCc1ccco1. The third-order valence-corrected chi connectivity index (χ3v) is 4.38. The molecule has 1 aliphatic rings. The van der Waals surface area contributed by atoms with Crippen LogP contribution in [0.4, 0.5) is 0 Å². The van der Waals surface area contributed by atoms with Crippen molar-refractivity contribution in [3.8, 4) is 11.5 Å². The molecule has 8 heteroatoms. The average Bonchev–Trinajstić information content (AvgIpc) is 3.45. The Bertz CT molecular complexity index is 965. The number of carbonyl (C=O) groups excluding carboxylic acids is 2. The van der Waals surface area contributed by atoms with Crippen molar-refractivity contribution in [2.45, 2.75) is 13.1 Å². The number of ether oxygens (including phenoxy) is 2. The van der Waals surface area contributed by atoms with Gasteiger partial charge >= 0.3 is 0 Å². The van der Waals surface area contributed by atoms with Gasteiger partial charge in [0.2, 0.25) is 5.91 Å². The topological polar surface area (TPSA) is 94.2 Å². The molecular weight excluding hydrogens is 376 g/mol. The van der Waals surface area contributed by atoms with Gasteiger partial charge in [-0.15, -0.1) is 0 Å². The minimum Gasteiger partial charge on any atom is -0.486 e. The monoisotopic (exact) mass is 396 g/mol. The molecule has 2 aromatic heterocycles. The number of rotatable bonds is 7. The molecule has 1 N–H and O–H groups in total. The Morgan fingerprint density at radius 1 is 0.931 bits per heavy atom. The molecule has 0 atom stereocenters. The minimum atomic E-state index is -0.313. The second kappa shape index (κ2) is 8.55. The zero-order valence-corrected chi connectivity index (χ0v) is 15.6. The summed E-state index contributed by atoms with van der Waals surface area (Å²) >= 11 is 0. The van der Waals surface area contributed by atoms with Crippen molar-refractivity contribution in [3.05, 3.63) is 72.1 Å². The highest BCUT2D eigenvalue weighted by atomic mass is 16.6. The number of hydrogen-bond acceptors (Lipinski definition) is 6. The average molecular weight is 396 g/mol. The second-order valence-electron chi connectivity index (χ2n) is 6.46. The number of amides is 2. The van der Waals surface area contributed by atoms with E-state index < -0.39 is 0 Å². The van der Waals surface area contributed by atoms with Crippen molar-refractivity contribution in [1.29, 1.82) is 0 Å². The Morgan fingerprint density at radius 3 is 2.38 bits per heavy atom. The van der Waals surface area contributed by atoms with Crippen LogP contribution in [-0.4, -0.2) is 36.5 Å². The molecule has 0 saturated heterocycles. The molecule has 0 aliphatic carbocycles. The third kappa shape index (κ3) is 4.60. The van der Waals surface area contributed by atoms with Crippen LogP contribution in [-0.2, 0) is 17.9 Å². The van der Waals surface area contributed by atoms with Gasteiger partial charge in [0, 0.05) is 5.56 Å². The van der Waals surface area contributed by atoms with E-state index in [1.807, 2.05) is 0 Å². The number of benzene rings is 1. The highest BCUT2D eigenvalue weighted by Gasteiger charge is 2.22. The van der Waals surface area contributed by atoms with Gasteiger partial charge in [-0.25, -0.2) is 0 Å². The first-order valence-corrected chi connectivity index (χ1v) is 9.19. The summed E-state index contributed by atoms with van der Waals surface area (Å²) in [6, 6.07) is 12.0. The number of fused-ring (bicyclic) bond motifs is 1.